The van der Waals surface area contributed by atoms with Gasteiger partial charge in [0.15, 0.2) is 0 Å². The molecule has 152 valence electrons. The number of hydrogen-bond acceptors (Lipinski definition) is 5. The summed E-state index contributed by atoms with van der Waals surface area (Å²) in [6.07, 6.45) is 1.64. The number of benzene rings is 2. The van der Waals surface area contributed by atoms with Crippen molar-refractivity contribution in [3.63, 3.8) is 0 Å². The molecule has 0 atom stereocenters. The van der Waals surface area contributed by atoms with Crippen LogP contribution < -0.4 is 10.6 Å². The van der Waals surface area contributed by atoms with Gasteiger partial charge in [-0.3, -0.25) is 14.6 Å². The third kappa shape index (κ3) is 4.36. The van der Waals surface area contributed by atoms with Crippen LogP contribution in [0.1, 0.15) is 26.5 Å². The lowest BCUT2D eigenvalue weighted by atomic mass is 10.1. The number of aryl methyl sites for hydroxylation is 1. The van der Waals surface area contributed by atoms with E-state index in [2.05, 4.69) is 20.6 Å². The predicted octanol–water partition coefficient (Wildman–Crippen LogP) is 2.75. The molecule has 2 aromatic carbocycles. The molecule has 0 bridgehead atoms. The van der Waals surface area contributed by atoms with Crippen LogP contribution in [0, 0.1) is 6.92 Å². The van der Waals surface area contributed by atoms with Crippen molar-refractivity contribution in [2.75, 3.05) is 31.5 Å². The number of rotatable bonds is 4. The second-order valence-corrected chi connectivity index (χ2v) is 7.13. The van der Waals surface area contributed by atoms with Gasteiger partial charge in [-0.25, -0.2) is 4.98 Å². The van der Waals surface area contributed by atoms with Gasteiger partial charge >= 0.3 is 0 Å². The van der Waals surface area contributed by atoms with Crippen LogP contribution in [0.4, 0.5) is 5.69 Å². The van der Waals surface area contributed by atoms with Crippen LogP contribution in [-0.2, 0) is 0 Å². The maximum atomic E-state index is 12.7. The molecule has 1 aliphatic rings. The Bertz CT molecular complexity index is 1040. The van der Waals surface area contributed by atoms with Crippen LogP contribution in [0.3, 0.4) is 0 Å². The fourth-order valence-electron chi connectivity index (χ4n) is 3.35. The van der Waals surface area contributed by atoms with Crippen molar-refractivity contribution in [1.82, 2.24) is 20.2 Å². The van der Waals surface area contributed by atoms with Crippen molar-refractivity contribution in [1.29, 1.82) is 0 Å². The van der Waals surface area contributed by atoms with Crippen LogP contribution in [0.5, 0.6) is 0 Å². The standard InChI is InChI=1S/C23H23N5O2/c1-16-21(22(29)26-19-5-3-2-4-6-19)27-20(15-25-16)17-7-9-18(10-8-17)23(30)28-13-11-24-12-14-28/h2-10,15,24H,11-14H2,1H3,(H,26,29). The number of carbonyl (C=O) groups is 2. The first-order valence-corrected chi connectivity index (χ1v) is 9.92. The van der Waals surface area contributed by atoms with Gasteiger partial charge < -0.3 is 15.5 Å². The Morgan fingerprint density at radius 3 is 2.40 bits per heavy atom. The third-order valence-electron chi connectivity index (χ3n) is 5.03. The van der Waals surface area contributed by atoms with Crippen molar-refractivity contribution in [3.8, 4) is 11.3 Å². The lowest BCUT2D eigenvalue weighted by Crippen LogP contribution is -2.46. The molecule has 2 heterocycles. The number of para-hydroxylation sites is 1. The van der Waals surface area contributed by atoms with E-state index >= 15 is 0 Å². The van der Waals surface area contributed by atoms with Crippen molar-refractivity contribution in [3.05, 3.63) is 77.7 Å². The number of carbonyl (C=O) groups excluding carboxylic acids is 2. The Morgan fingerprint density at radius 1 is 1.00 bits per heavy atom. The summed E-state index contributed by atoms with van der Waals surface area (Å²) in [4.78, 5) is 36.0. The number of aromatic nitrogens is 2. The Hall–Kier alpha value is -3.58. The monoisotopic (exact) mass is 401 g/mol. The van der Waals surface area contributed by atoms with Crippen molar-refractivity contribution in [2.24, 2.45) is 0 Å². The molecule has 1 aliphatic heterocycles. The van der Waals surface area contributed by atoms with E-state index in [0.29, 0.717) is 35.7 Å². The van der Waals surface area contributed by atoms with Gasteiger partial charge in [0.25, 0.3) is 11.8 Å². The van der Waals surface area contributed by atoms with Crippen molar-refractivity contribution in [2.45, 2.75) is 6.92 Å². The second kappa shape index (κ2) is 8.84. The van der Waals surface area contributed by atoms with Crippen LogP contribution in [0.15, 0.2) is 60.8 Å². The smallest absolute Gasteiger partial charge is 0.276 e. The molecule has 1 aromatic heterocycles. The molecule has 0 aliphatic carbocycles. The summed E-state index contributed by atoms with van der Waals surface area (Å²) in [7, 11) is 0. The molecule has 2 N–H and O–H groups in total. The summed E-state index contributed by atoms with van der Waals surface area (Å²) in [5, 5.41) is 6.09. The van der Waals surface area contributed by atoms with Gasteiger partial charge in [-0.2, -0.15) is 0 Å². The number of amides is 2. The number of hydrogen-bond donors (Lipinski definition) is 2. The summed E-state index contributed by atoms with van der Waals surface area (Å²) in [6, 6.07) is 16.5. The highest BCUT2D eigenvalue weighted by atomic mass is 16.2. The predicted molar refractivity (Wildman–Crippen MR) is 115 cm³/mol. The zero-order valence-corrected chi connectivity index (χ0v) is 16.8. The van der Waals surface area contributed by atoms with Crippen molar-refractivity contribution < 1.29 is 9.59 Å². The van der Waals surface area contributed by atoms with E-state index in [4.69, 9.17) is 0 Å². The molecule has 3 aromatic rings. The van der Waals surface area contributed by atoms with E-state index in [-0.39, 0.29) is 17.5 Å². The summed E-state index contributed by atoms with van der Waals surface area (Å²) >= 11 is 0. The average Bonchev–Trinajstić information content (AvgIpc) is 2.80. The average molecular weight is 401 g/mol. The molecule has 1 saturated heterocycles. The zero-order valence-electron chi connectivity index (χ0n) is 16.8. The molecule has 0 radical (unpaired) electrons. The first-order valence-electron chi connectivity index (χ1n) is 9.92. The van der Waals surface area contributed by atoms with Crippen molar-refractivity contribution >= 4 is 17.5 Å². The summed E-state index contributed by atoms with van der Waals surface area (Å²) in [5.41, 5.74) is 3.55. The van der Waals surface area contributed by atoms with Crippen LogP contribution in [0.25, 0.3) is 11.3 Å². The van der Waals surface area contributed by atoms with E-state index in [1.807, 2.05) is 47.4 Å². The molecule has 0 saturated carbocycles. The molecule has 2 amide bonds. The minimum atomic E-state index is -0.307. The molecule has 1 fully saturated rings. The fourth-order valence-corrected chi connectivity index (χ4v) is 3.35. The van der Waals surface area contributed by atoms with Gasteiger partial charge in [-0.1, -0.05) is 30.3 Å². The van der Waals surface area contributed by atoms with Gasteiger partial charge in [-0.05, 0) is 31.2 Å². The first kappa shape index (κ1) is 19.7. The topological polar surface area (TPSA) is 87.2 Å². The Kier molecular flexibility index (Phi) is 5.81. The lowest BCUT2D eigenvalue weighted by molar-refractivity contribution is 0.0735. The van der Waals surface area contributed by atoms with E-state index in [1.54, 1.807) is 25.3 Å². The van der Waals surface area contributed by atoms with Gasteiger partial charge in [-0.15, -0.1) is 0 Å². The number of piperazine rings is 1. The van der Waals surface area contributed by atoms with E-state index in [9.17, 15) is 9.59 Å². The third-order valence-corrected chi connectivity index (χ3v) is 5.03. The molecule has 4 rings (SSSR count). The number of nitrogens with zero attached hydrogens (tertiary/aromatic N) is 3. The molecule has 7 heteroatoms. The highest BCUT2D eigenvalue weighted by Crippen LogP contribution is 2.20. The molecular formula is C23H23N5O2. The van der Waals surface area contributed by atoms with Crippen LogP contribution in [-0.4, -0.2) is 52.9 Å². The number of anilines is 1. The Balaban J connectivity index is 1.53. The van der Waals surface area contributed by atoms with Crippen LogP contribution >= 0.6 is 0 Å². The maximum absolute atomic E-state index is 12.7. The molecule has 0 unspecified atom stereocenters. The molecule has 0 spiro atoms. The SMILES string of the molecule is Cc1ncc(-c2ccc(C(=O)N3CCNCC3)cc2)nc1C(=O)Nc1ccccc1. The highest BCUT2D eigenvalue weighted by molar-refractivity contribution is 6.03. The Morgan fingerprint density at radius 2 is 1.70 bits per heavy atom. The highest BCUT2D eigenvalue weighted by Gasteiger charge is 2.18. The maximum Gasteiger partial charge on any atom is 0.276 e. The zero-order chi connectivity index (χ0) is 20.9. The summed E-state index contributed by atoms with van der Waals surface area (Å²) in [5.74, 6) is -0.278. The summed E-state index contributed by atoms with van der Waals surface area (Å²) in [6.45, 7) is 4.81. The normalized spacial score (nSPS) is 13.7. The quantitative estimate of drug-likeness (QED) is 0.702. The fraction of sp³-hybridized carbons (Fsp3) is 0.217. The largest absolute Gasteiger partial charge is 0.336 e. The first-order chi connectivity index (χ1) is 14.6. The molecular weight excluding hydrogens is 378 g/mol. The summed E-state index contributed by atoms with van der Waals surface area (Å²) < 4.78 is 0. The lowest BCUT2D eigenvalue weighted by Gasteiger charge is -2.27. The minimum Gasteiger partial charge on any atom is -0.336 e. The van der Waals surface area contributed by atoms with Gasteiger partial charge in [0.2, 0.25) is 0 Å². The van der Waals surface area contributed by atoms with E-state index < -0.39 is 0 Å². The van der Waals surface area contributed by atoms with E-state index in [0.717, 1.165) is 18.7 Å². The van der Waals surface area contributed by atoms with Gasteiger partial charge in [0.1, 0.15) is 5.69 Å². The van der Waals surface area contributed by atoms with Crippen LogP contribution in [0.2, 0.25) is 0 Å². The molecule has 30 heavy (non-hydrogen) atoms. The van der Waals surface area contributed by atoms with Gasteiger partial charge in [0, 0.05) is 43.0 Å². The Labute approximate surface area is 175 Å². The van der Waals surface area contributed by atoms with E-state index in [1.165, 1.54) is 0 Å². The van der Waals surface area contributed by atoms with Gasteiger partial charge in [0.05, 0.1) is 17.6 Å². The minimum absolute atomic E-state index is 0.0287. The number of nitrogens with one attached hydrogen (secondary N) is 2. The second-order valence-electron chi connectivity index (χ2n) is 7.13. The molecule has 7 nitrogen and oxygen atoms in total.